The average molecular weight is 966 g/mol. The molecule has 0 bridgehead atoms. The summed E-state index contributed by atoms with van der Waals surface area (Å²) in [6.07, 6.45) is 43.8. The molecular formula is C64H110N2Ni. The van der Waals surface area contributed by atoms with E-state index < -0.39 is 0 Å². The van der Waals surface area contributed by atoms with Crippen molar-refractivity contribution in [2.24, 2.45) is 0 Å². The van der Waals surface area contributed by atoms with Gasteiger partial charge in [0, 0.05) is 22.3 Å². The van der Waals surface area contributed by atoms with Gasteiger partial charge in [-0.1, -0.05) is 185 Å². The molecule has 0 aliphatic carbocycles. The van der Waals surface area contributed by atoms with E-state index in [0.717, 1.165) is 75.6 Å². The molecule has 1 aliphatic heterocycles. The predicted octanol–water partition coefficient (Wildman–Crippen LogP) is 21.7. The monoisotopic (exact) mass is 965 g/mol. The second-order valence-corrected chi connectivity index (χ2v) is 19.9. The number of rotatable bonds is 36. The Hall–Kier alpha value is -1.99. The maximum absolute atomic E-state index is 12.9. The smallest absolute Gasteiger partial charge is 0.493 e. The molecule has 0 radical (unpaired) electrons. The summed E-state index contributed by atoms with van der Waals surface area (Å²) in [4.78, 5) is 0. The van der Waals surface area contributed by atoms with Crippen LogP contribution in [0.2, 0.25) is 0 Å². The molecule has 0 unspecified atom stereocenters. The molecule has 3 heteroatoms. The summed E-state index contributed by atoms with van der Waals surface area (Å²) in [5.41, 5.74) is 30.0. The second kappa shape index (κ2) is 42.9. The Balaban J connectivity index is 0.00000357. The maximum atomic E-state index is 12.9. The van der Waals surface area contributed by atoms with Gasteiger partial charge < -0.3 is 19.4 Å². The third-order valence-electron chi connectivity index (χ3n) is 13.8. The van der Waals surface area contributed by atoms with Crippen molar-refractivity contribution in [1.82, 2.24) is 0 Å². The Morgan fingerprint density at radius 3 is 0.836 bits per heavy atom. The standard InChI is InChI=1S/C54H88N2.2C5H11.Ni/c1-9-17-25-28-36-49-43(31-20-12-4)39-47(40-44(49)32-21-13-5)53-51(35-24-16-8)52(38-30-27-19-11-3)54(56(53)55)48-41-45(33-22-14-6)50(37-29-26-18-10-2)46(42-48)34-23-15-7;2*1-3-5-4-2;/h39-42H,9-38H2,1-8H3;2*1,3-5H2,2H3;/q;2*-1;+2. The Labute approximate surface area is 430 Å². The molecule has 67 heavy (non-hydrogen) atoms. The quantitative estimate of drug-likeness (QED) is 0.0281. The van der Waals surface area contributed by atoms with Gasteiger partial charge in [-0.25, -0.2) is 4.70 Å². The van der Waals surface area contributed by atoms with E-state index in [1.165, 1.54) is 189 Å². The number of nitrogens with zero attached hydrogens (tertiary/aromatic N) is 2. The molecule has 2 aromatic carbocycles. The van der Waals surface area contributed by atoms with Gasteiger partial charge in [0.2, 0.25) is 11.4 Å². The van der Waals surface area contributed by atoms with Crippen LogP contribution in [-0.2, 0) is 55.0 Å². The van der Waals surface area contributed by atoms with E-state index in [1.807, 2.05) is 0 Å². The van der Waals surface area contributed by atoms with Gasteiger partial charge in [-0.15, -0.1) is 0 Å². The first-order chi connectivity index (χ1) is 32.3. The fourth-order valence-electron chi connectivity index (χ4n) is 9.70. The molecule has 386 valence electrons. The van der Waals surface area contributed by atoms with Crippen molar-refractivity contribution in [3.63, 3.8) is 0 Å². The van der Waals surface area contributed by atoms with Crippen LogP contribution in [0.4, 0.5) is 0 Å². The van der Waals surface area contributed by atoms with Crippen LogP contribution in [0.3, 0.4) is 0 Å². The second-order valence-electron chi connectivity index (χ2n) is 19.9. The van der Waals surface area contributed by atoms with Gasteiger partial charge in [-0.05, 0) is 160 Å². The number of unbranched alkanes of at least 4 members (excludes halogenated alkanes) is 18. The van der Waals surface area contributed by atoms with Crippen molar-refractivity contribution in [2.45, 2.75) is 300 Å². The molecule has 0 fully saturated rings. The normalized spacial score (nSPS) is 12.3. The molecule has 0 N–H and O–H groups in total. The van der Waals surface area contributed by atoms with Crippen molar-refractivity contribution in [1.29, 1.82) is 0 Å². The molecule has 1 heterocycles. The number of hydrogen-bond acceptors (Lipinski definition) is 0. The number of benzene rings is 2. The van der Waals surface area contributed by atoms with E-state index in [4.69, 9.17) is 0 Å². The van der Waals surface area contributed by atoms with E-state index in [0.29, 0.717) is 0 Å². The summed E-state index contributed by atoms with van der Waals surface area (Å²) in [6.45, 7) is 30.3. The number of aryl methyl sites for hydroxylation is 4. The van der Waals surface area contributed by atoms with Crippen LogP contribution in [-0.4, -0.2) is 4.70 Å². The summed E-state index contributed by atoms with van der Waals surface area (Å²) in [5, 5.41) is 0. The fourth-order valence-corrected chi connectivity index (χ4v) is 9.70. The van der Waals surface area contributed by atoms with Crippen molar-refractivity contribution >= 4 is 11.4 Å². The molecule has 0 saturated heterocycles. The fraction of sp³-hybridized carbons (Fsp3) is 0.719. The van der Waals surface area contributed by atoms with Crippen molar-refractivity contribution in [3.05, 3.63) is 99.3 Å². The zero-order valence-corrected chi connectivity index (χ0v) is 47.4. The summed E-state index contributed by atoms with van der Waals surface area (Å²) in [7, 11) is 0. The average Bonchev–Trinajstić information content (AvgIpc) is 3.60. The Kier molecular flexibility index (Phi) is 41.6. The van der Waals surface area contributed by atoms with E-state index in [2.05, 4.69) is 107 Å². The topological polar surface area (TPSA) is 25.3 Å². The Morgan fingerprint density at radius 1 is 0.328 bits per heavy atom. The third kappa shape index (κ3) is 24.6. The van der Waals surface area contributed by atoms with Crippen molar-refractivity contribution in [3.8, 4) is 0 Å². The van der Waals surface area contributed by atoms with Crippen LogP contribution in [0.25, 0.3) is 16.9 Å². The summed E-state index contributed by atoms with van der Waals surface area (Å²) >= 11 is 0. The minimum absolute atomic E-state index is 0. The van der Waals surface area contributed by atoms with Crippen LogP contribution in [0.1, 0.15) is 306 Å². The van der Waals surface area contributed by atoms with Crippen LogP contribution in [0.15, 0.2) is 35.4 Å². The first-order valence-electron chi connectivity index (χ1n) is 29.1. The zero-order valence-electron chi connectivity index (χ0n) is 46.4. The molecule has 0 aromatic heterocycles. The molecular weight excluding hydrogens is 855 g/mol. The molecule has 1 aliphatic rings. The van der Waals surface area contributed by atoms with Crippen molar-refractivity contribution in [2.75, 3.05) is 0 Å². The molecule has 0 atom stereocenters. The van der Waals surface area contributed by atoms with Gasteiger partial charge in [0.25, 0.3) is 0 Å². The zero-order chi connectivity index (χ0) is 48.8. The SMILES string of the molecule is CCCCCCC1=C(c2cc(CCCC)c(CCCCCC)c(CCCC)c2)[N+](=[N-])C(c2cc(CCCC)c(CCCCCC)c(CCCC)c2)=C1CCCC.[CH2-]CCCC.[CH2-]CCCC.[Ni+2]. The van der Waals surface area contributed by atoms with Crippen LogP contribution >= 0.6 is 0 Å². The van der Waals surface area contributed by atoms with Crippen LogP contribution in [0.5, 0.6) is 0 Å². The van der Waals surface area contributed by atoms with Gasteiger partial charge in [0.1, 0.15) is 0 Å². The Morgan fingerprint density at radius 2 is 0.582 bits per heavy atom. The van der Waals surface area contributed by atoms with Gasteiger partial charge in [-0.3, -0.25) is 0 Å². The number of allylic oxidation sites excluding steroid dienone is 2. The summed E-state index contributed by atoms with van der Waals surface area (Å²) < 4.78 is 1.73. The summed E-state index contributed by atoms with van der Waals surface area (Å²) in [5.74, 6) is 0. The first kappa shape index (κ1) is 65.0. The van der Waals surface area contributed by atoms with E-state index in [9.17, 15) is 5.53 Å². The van der Waals surface area contributed by atoms with Gasteiger partial charge in [0.15, 0.2) is 0 Å². The molecule has 3 rings (SSSR count). The minimum Gasteiger partial charge on any atom is -0.493 e. The van der Waals surface area contributed by atoms with Crippen molar-refractivity contribution < 1.29 is 21.2 Å². The predicted molar refractivity (Wildman–Crippen MR) is 299 cm³/mol. The number of hydrogen-bond donors (Lipinski definition) is 0. The van der Waals surface area contributed by atoms with Gasteiger partial charge >= 0.3 is 16.5 Å². The van der Waals surface area contributed by atoms with E-state index >= 15 is 0 Å². The molecule has 0 amide bonds. The summed E-state index contributed by atoms with van der Waals surface area (Å²) in [6, 6.07) is 10.2. The van der Waals surface area contributed by atoms with Crippen LogP contribution in [0, 0.1) is 13.8 Å². The Bertz CT molecular complexity index is 1540. The maximum Gasteiger partial charge on any atom is 2.00 e. The van der Waals surface area contributed by atoms with E-state index in [1.54, 1.807) is 38.1 Å². The largest absolute Gasteiger partial charge is 2.00 e. The van der Waals surface area contributed by atoms with E-state index in [-0.39, 0.29) is 16.5 Å². The molecule has 2 aromatic rings. The minimum atomic E-state index is 0. The third-order valence-corrected chi connectivity index (χ3v) is 13.8. The molecule has 2 nitrogen and oxygen atoms in total. The molecule has 0 spiro atoms. The first-order valence-corrected chi connectivity index (χ1v) is 29.1. The molecule has 0 saturated carbocycles. The van der Waals surface area contributed by atoms with Gasteiger partial charge in [-0.2, -0.15) is 12.8 Å². The van der Waals surface area contributed by atoms with Gasteiger partial charge in [0.05, 0.1) is 0 Å². The van der Waals surface area contributed by atoms with Crippen LogP contribution < -0.4 is 0 Å².